The molecule has 0 saturated carbocycles. The third kappa shape index (κ3) is 5.54. The van der Waals surface area contributed by atoms with E-state index in [1.54, 1.807) is 12.1 Å². The number of carbonyl (C=O) groups excluding carboxylic acids is 1. The number of amidine groups is 1. The minimum Gasteiger partial charge on any atom is -0.488 e. The zero-order chi connectivity index (χ0) is 22.5. The van der Waals surface area contributed by atoms with Gasteiger partial charge in [0, 0.05) is 5.56 Å². The van der Waals surface area contributed by atoms with Crippen LogP contribution in [0.5, 0.6) is 5.75 Å². The van der Waals surface area contributed by atoms with Crippen LogP contribution in [0.1, 0.15) is 23.6 Å². The van der Waals surface area contributed by atoms with Gasteiger partial charge in [-0.1, -0.05) is 66.5 Å². The third-order valence-electron chi connectivity index (χ3n) is 4.81. The Balaban J connectivity index is 1.50. The molecule has 0 radical (unpaired) electrons. The number of nitrogens with one attached hydrogen (secondary N) is 1. The summed E-state index contributed by atoms with van der Waals surface area (Å²) in [6.07, 6.45) is 2.79. The number of hydrogen-bond acceptors (Lipinski definition) is 4. The molecule has 3 aromatic rings. The van der Waals surface area contributed by atoms with Crippen LogP contribution in [0.15, 0.2) is 76.6 Å². The molecule has 1 saturated heterocycles. The van der Waals surface area contributed by atoms with Gasteiger partial charge >= 0.3 is 0 Å². The molecule has 4 rings (SSSR count). The standard InChI is InChI=1S/C25H20Cl2N2O2S/c1-2-16-7-10-19(11-8-16)28-25-29-24(30)23(32-25)14-18-5-3-4-6-22(18)31-15-17-9-12-20(26)21(27)13-17/h3-14H,2,15H2,1H3,(H,28,29,30)/b23-14-. The van der Waals surface area contributed by atoms with Crippen molar-refractivity contribution >= 4 is 57.8 Å². The maximum atomic E-state index is 12.5. The monoisotopic (exact) mass is 482 g/mol. The Kier molecular flexibility index (Phi) is 7.20. The van der Waals surface area contributed by atoms with Gasteiger partial charge < -0.3 is 10.1 Å². The number of carbonyl (C=O) groups is 1. The minimum absolute atomic E-state index is 0.182. The Labute approximate surface area is 201 Å². The van der Waals surface area contributed by atoms with E-state index in [1.807, 2.05) is 60.7 Å². The highest BCUT2D eigenvalue weighted by Gasteiger charge is 2.24. The number of aryl methyl sites for hydroxylation is 1. The Morgan fingerprint density at radius 2 is 1.75 bits per heavy atom. The van der Waals surface area contributed by atoms with Gasteiger partial charge in [0.1, 0.15) is 12.4 Å². The molecule has 1 heterocycles. The summed E-state index contributed by atoms with van der Waals surface area (Å²) in [7, 11) is 0. The molecule has 1 aliphatic rings. The van der Waals surface area contributed by atoms with Crippen molar-refractivity contribution < 1.29 is 9.53 Å². The summed E-state index contributed by atoms with van der Waals surface area (Å²) in [5, 5.41) is 4.37. The maximum absolute atomic E-state index is 12.5. The number of halogens is 2. The van der Waals surface area contributed by atoms with E-state index in [2.05, 4.69) is 17.2 Å². The van der Waals surface area contributed by atoms with Crippen molar-refractivity contribution in [3.05, 3.63) is 98.4 Å². The first kappa shape index (κ1) is 22.5. The molecular formula is C25H20Cl2N2O2S. The maximum Gasteiger partial charge on any atom is 0.264 e. The quantitative estimate of drug-likeness (QED) is 0.383. The van der Waals surface area contributed by atoms with Gasteiger partial charge in [-0.25, -0.2) is 4.99 Å². The van der Waals surface area contributed by atoms with Crippen molar-refractivity contribution in [2.45, 2.75) is 20.0 Å². The molecule has 32 heavy (non-hydrogen) atoms. The molecule has 0 unspecified atom stereocenters. The summed E-state index contributed by atoms with van der Waals surface area (Å²) < 4.78 is 5.99. The Hall–Kier alpha value is -2.73. The summed E-state index contributed by atoms with van der Waals surface area (Å²) >= 11 is 13.4. The lowest BCUT2D eigenvalue weighted by Crippen LogP contribution is -2.19. The van der Waals surface area contributed by atoms with Crippen LogP contribution in [0.2, 0.25) is 10.0 Å². The summed E-state index contributed by atoms with van der Waals surface area (Å²) in [5.41, 5.74) is 3.75. The number of rotatable bonds is 6. The second-order valence-electron chi connectivity index (χ2n) is 7.08. The summed E-state index contributed by atoms with van der Waals surface area (Å²) in [6.45, 7) is 2.44. The lowest BCUT2D eigenvalue weighted by atomic mass is 10.1. The van der Waals surface area contributed by atoms with Crippen molar-refractivity contribution in [1.82, 2.24) is 5.32 Å². The Morgan fingerprint density at radius 3 is 2.50 bits per heavy atom. The highest BCUT2D eigenvalue weighted by atomic mass is 35.5. The zero-order valence-electron chi connectivity index (χ0n) is 17.3. The van der Waals surface area contributed by atoms with Crippen molar-refractivity contribution in [3.63, 3.8) is 0 Å². The van der Waals surface area contributed by atoms with Gasteiger partial charge in [0.15, 0.2) is 5.17 Å². The molecule has 0 aromatic heterocycles. The minimum atomic E-state index is -0.182. The molecule has 7 heteroatoms. The van der Waals surface area contributed by atoms with Crippen molar-refractivity contribution in [2.24, 2.45) is 4.99 Å². The van der Waals surface area contributed by atoms with Crippen LogP contribution in [0.25, 0.3) is 6.08 Å². The van der Waals surface area contributed by atoms with Crippen molar-refractivity contribution in [3.8, 4) is 5.75 Å². The fraction of sp³-hybridized carbons (Fsp3) is 0.120. The van der Waals surface area contributed by atoms with Gasteiger partial charge in [-0.05, 0) is 65.7 Å². The highest BCUT2D eigenvalue weighted by Crippen LogP contribution is 2.31. The van der Waals surface area contributed by atoms with Crippen LogP contribution >= 0.6 is 35.0 Å². The van der Waals surface area contributed by atoms with Gasteiger partial charge in [-0.2, -0.15) is 0 Å². The molecule has 3 aromatic carbocycles. The molecule has 0 aliphatic carbocycles. The van der Waals surface area contributed by atoms with Crippen LogP contribution in [-0.2, 0) is 17.8 Å². The molecule has 1 N–H and O–H groups in total. The van der Waals surface area contributed by atoms with E-state index in [9.17, 15) is 4.79 Å². The van der Waals surface area contributed by atoms with Gasteiger partial charge in [0.2, 0.25) is 0 Å². The molecular weight excluding hydrogens is 463 g/mol. The van der Waals surface area contributed by atoms with E-state index in [0.29, 0.717) is 32.5 Å². The summed E-state index contributed by atoms with van der Waals surface area (Å²) in [6, 6.07) is 20.9. The van der Waals surface area contributed by atoms with Crippen LogP contribution in [-0.4, -0.2) is 11.1 Å². The van der Waals surface area contributed by atoms with Crippen molar-refractivity contribution in [1.29, 1.82) is 0 Å². The van der Waals surface area contributed by atoms with E-state index in [4.69, 9.17) is 27.9 Å². The highest BCUT2D eigenvalue weighted by molar-refractivity contribution is 8.18. The third-order valence-corrected chi connectivity index (χ3v) is 6.46. The number of hydrogen-bond donors (Lipinski definition) is 1. The molecule has 0 atom stereocenters. The van der Waals surface area contributed by atoms with Crippen LogP contribution in [0.3, 0.4) is 0 Å². The number of benzene rings is 3. The average molecular weight is 483 g/mol. The number of aliphatic imine (C=N–C) groups is 1. The van der Waals surface area contributed by atoms with E-state index < -0.39 is 0 Å². The SMILES string of the molecule is CCc1ccc(N=C2NC(=O)/C(=C/c3ccccc3OCc3ccc(Cl)c(Cl)c3)S2)cc1. The average Bonchev–Trinajstić information content (AvgIpc) is 3.14. The number of thioether (sulfide) groups is 1. The second-order valence-corrected chi connectivity index (χ2v) is 8.92. The lowest BCUT2D eigenvalue weighted by molar-refractivity contribution is -0.115. The van der Waals surface area contributed by atoms with E-state index in [0.717, 1.165) is 23.2 Å². The molecule has 1 aliphatic heterocycles. The predicted octanol–water partition coefficient (Wildman–Crippen LogP) is 7.03. The van der Waals surface area contributed by atoms with E-state index in [1.165, 1.54) is 17.3 Å². The van der Waals surface area contributed by atoms with Crippen LogP contribution in [0.4, 0.5) is 5.69 Å². The van der Waals surface area contributed by atoms with Gasteiger partial charge in [-0.15, -0.1) is 0 Å². The second kappa shape index (κ2) is 10.3. The van der Waals surface area contributed by atoms with Gasteiger partial charge in [-0.3, -0.25) is 4.79 Å². The molecule has 162 valence electrons. The molecule has 0 bridgehead atoms. The van der Waals surface area contributed by atoms with E-state index in [-0.39, 0.29) is 5.91 Å². The van der Waals surface area contributed by atoms with E-state index >= 15 is 0 Å². The van der Waals surface area contributed by atoms with Gasteiger partial charge in [0.05, 0.1) is 20.6 Å². The first-order chi connectivity index (χ1) is 15.5. The summed E-state index contributed by atoms with van der Waals surface area (Å²) in [4.78, 5) is 17.6. The van der Waals surface area contributed by atoms with Crippen molar-refractivity contribution in [2.75, 3.05) is 0 Å². The lowest BCUT2D eigenvalue weighted by Gasteiger charge is -2.10. The van der Waals surface area contributed by atoms with Gasteiger partial charge in [0.25, 0.3) is 5.91 Å². The fourth-order valence-electron chi connectivity index (χ4n) is 3.07. The first-order valence-corrected chi connectivity index (χ1v) is 11.6. The number of para-hydroxylation sites is 1. The normalized spacial score (nSPS) is 15.9. The predicted molar refractivity (Wildman–Crippen MR) is 134 cm³/mol. The first-order valence-electron chi connectivity index (χ1n) is 10.1. The number of ether oxygens (including phenoxy) is 1. The van der Waals surface area contributed by atoms with Crippen LogP contribution in [0, 0.1) is 0 Å². The number of amides is 1. The smallest absolute Gasteiger partial charge is 0.264 e. The largest absolute Gasteiger partial charge is 0.488 e. The summed E-state index contributed by atoms with van der Waals surface area (Å²) in [5.74, 6) is 0.484. The molecule has 0 spiro atoms. The topological polar surface area (TPSA) is 50.7 Å². The molecule has 1 amide bonds. The van der Waals surface area contributed by atoms with Crippen LogP contribution < -0.4 is 10.1 Å². The molecule has 1 fully saturated rings. The Bertz CT molecular complexity index is 1210. The molecule has 4 nitrogen and oxygen atoms in total. The Morgan fingerprint density at radius 1 is 1.00 bits per heavy atom. The number of nitrogens with zero attached hydrogens (tertiary/aromatic N) is 1. The zero-order valence-corrected chi connectivity index (χ0v) is 19.6. The fourth-order valence-corrected chi connectivity index (χ4v) is 4.22.